The number of nitrogens with one attached hydrogen (secondary N) is 1. The van der Waals surface area contributed by atoms with Crippen LogP contribution in [0.1, 0.15) is 23.9 Å². The number of aryl methyl sites for hydroxylation is 2. The van der Waals surface area contributed by atoms with Crippen molar-refractivity contribution in [2.24, 2.45) is 5.10 Å². The van der Waals surface area contributed by atoms with E-state index in [0.717, 1.165) is 11.4 Å². The SMILES string of the molecule is COc1cc(/C=N\NC(=O)[C@H](C)Sc2nc(C)cc(C)n2)ccc1O. The number of methoxy groups -OCH3 is 1. The number of hydrogen-bond acceptors (Lipinski definition) is 7. The van der Waals surface area contributed by atoms with Gasteiger partial charge in [-0.2, -0.15) is 5.10 Å². The molecule has 0 spiro atoms. The van der Waals surface area contributed by atoms with E-state index in [2.05, 4.69) is 20.5 Å². The molecular formula is C17H20N4O3S. The van der Waals surface area contributed by atoms with Gasteiger partial charge >= 0.3 is 0 Å². The molecule has 0 unspecified atom stereocenters. The lowest BCUT2D eigenvalue weighted by atomic mass is 10.2. The fraction of sp³-hybridized carbons (Fsp3) is 0.294. The number of nitrogens with zero attached hydrogens (tertiary/aromatic N) is 3. The molecule has 1 atom stereocenters. The van der Waals surface area contributed by atoms with Gasteiger partial charge in [0.2, 0.25) is 0 Å². The molecule has 2 aromatic rings. The third-order valence-electron chi connectivity index (χ3n) is 3.21. The van der Waals surface area contributed by atoms with Crippen molar-refractivity contribution in [1.29, 1.82) is 0 Å². The second-order valence-electron chi connectivity index (χ2n) is 5.36. The molecule has 1 aromatic heterocycles. The zero-order valence-electron chi connectivity index (χ0n) is 14.5. The highest BCUT2D eigenvalue weighted by Gasteiger charge is 2.15. The lowest BCUT2D eigenvalue weighted by molar-refractivity contribution is -0.120. The smallest absolute Gasteiger partial charge is 0.253 e. The highest BCUT2D eigenvalue weighted by Crippen LogP contribution is 2.25. The average Bonchev–Trinajstić information content (AvgIpc) is 2.55. The van der Waals surface area contributed by atoms with Crippen LogP contribution in [0.5, 0.6) is 11.5 Å². The monoisotopic (exact) mass is 360 g/mol. The van der Waals surface area contributed by atoms with Gasteiger partial charge in [-0.3, -0.25) is 4.79 Å². The lowest BCUT2D eigenvalue weighted by Gasteiger charge is -2.09. The van der Waals surface area contributed by atoms with Gasteiger partial charge in [-0.15, -0.1) is 0 Å². The Kier molecular flexibility index (Phi) is 6.35. The zero-order valence-corrected chi connectivity index (χ0v) is 15.3. The maximum Gasteiger partial charge on any atom is 0.253 e. The minimum absolute atomic E-state index is 0.0437. The van der Waals surface area contributed by atoms with Crippen LogP contribution in [0, 0.1) is 13.8 Å². The summed E-state index contributed by atoms with van der Waals surface area (Å²) < 4.78 is 5.02. The average molecular weight is 360 g/mol. The number of phenols is 1. The van der Waals surface area contributed by atoms with Gasteiger partial charge in [0.25, 0.3) is 5.91 Å². The topological polar surface area (TPSA) is 96.7 Å². The van der Waals surface area contributed by atoms with Crippen molar-refractivity contribution in [2.45, 2.75) is 31.2 Å². The molecule has 0 aliphatic heterocycles. The Morgan fingerprint density at radius 3 is 2.64 bits per heavy atom. The first kappa shape index (κ1) is 18.7. The van der Waals surface area contributed by atoms with E-state index in [0.29, 0.717) is 16.5 Å². The molecule has 1 heterocycles. The van der Waals surface area contributed by atoms with Crippen LogP contribution >= 0.6 is 11.8 Å². The maximum absolute atomic E-state index is 12.1. The van der Waals surface area contributed by atoms with Crippen molar-refractivity contribution in [1.82, 2.24) is 15.4 Å². The van der Waals surface area contributed by atoms with E-state index in [1.54, 1.807) is 19.1 Å². The predicted octanol–water partition coefficient (Wildman–Crippen LogP) is 2.44. The summed E-state index contributed by atoms with van der Waals surface area (Å²) in [5, 5.41) is 13.6. The van der Waals surface area contributed by atoms with Crippen LogP contribution in [-0.4, -0.2) is 39.6 Å². The largest absolute Gasteiger partial charge is 0.504 e. The van der Waals surface area contributed by atoms with Crippen molar-refractivity contribution in [3.63, 3.8) is 0 Å². The molecule has 1 aromatic carbocycles. The van der Waals surface area contributed by atoms with Crippen molar-refractivity contribution < 1.29 is 14.6 Å². The van der Waals surface area contributed by atoms with Gasteiger partial charge in [-0.1, -0.05) is 11.8 Å². The molecule has 1 amide bonds. The van der Waals surface area contributed by atoms with Crippen LogP contribution in [0.3, 0.4) is 0 Å². The summed E-state index contributed by atoms with van der Waals surface area (Å²) in [6.45, 7) is 5.54. The molecular weight excluding hydrogens is 340 g/mol. The molecule has 0 aliphatic rings. The molecule has 132 valence electrons. The number of carbonyl (C=O) groups is 1. The number of phenolic OH excluding ortho intramolecular Hbond substituents is 1. The second-order valence-corrected chi connectivity index (χ2v) is 6.67. The van der Waals surface area contributed by atoms with E-state index in [9.17, 15) is 9.90 Å². The molecule has 0 radical (unpaired) electrons. The number of ether oxygens (including phenoxy) is 1. The van der Waals surface area contributed by atoms with Crippen LogP contribution in [-0.2, 0) is 4.79 Å². The van der Waals surface area contributed by atoms with Crippen LogP contribution in [0.15, 0.2) is 34.5 Å². The highest BCUT2D eigenvalue weighted by molar-refractivity contribution is 8.00. The quantitative estimate of drug-likeness (QED) is 0.355. The number of thioether (sulfide) groups is 1. The summed E-state index contributed by atoms with van der Waals surface area (Å²) in [6, 6.07) is 6.66. The number of aromatic hydroxyl groups is 1. The van der Waals surface area contributed by atoms with Gasteiger partial charge in [-0.05, 0) is 50.6 Å². The van der Waals surface area contributed by atoms with E-state index < -0.39 is 5.25 Å². The summed E-state index contributed by atoms with van der Waals surface area (Å²) in [6.07, 6.45) is 1.48. The van der Waals surface area contributed by atoms with E-state index >= 15 is 0 Å². The highest BCUT2D eigenvalue weighted by atomic mass is 32.2. The first-order valence-electron chi connectivity index (χ1n) is 7.58. The van der Waals surface area contributed by atoms with Crippen LogP contribution in [0.25, 0.3) is 0 Å². The van der Waals surface area contributed by atoms with Crippen molar-refractivity contribution in [3.05, 3.63) is 41.2 Å². The Morgan fingerprint density at radius 1 is 1.32 bits per heavy atom. The van der Waals surface area contributed by atoms with E-state index in [1.807, 2.05) is 19.9 Å². The normalized spacial score (nSPS) is 12.2. The Labute approximate surface area is 150 Å². The van der Waals surface area contributed by atoms with Gasteiger partial charge in [0, 0.05) is 11.4 Å². The fourth-order valence-corrected chi connectivity index (χ4v) is 2.86. The molecule has 0 saturated carbocycles. The summed E-state index contributed by atoms with van der Waals surface area (Å²) >= 11 is 1.27. The number of hydrogen-bond donors (Lipinski definition) is 2. The minimum atomic E-state index is -0.396. The van der Waals surface area contributed by atoms with Crippen LogP contribution in [0.2, 0.25) is 0 Å². The zero-order chi connectivity index (χ0) is 18.4. The van der Waals surface area contributed by atoms with Crippen molar-refractivity contribution in [3.8, 4) is 11.5 Å². The first-order valence-corrected chi connectivity index (χ1v) is 8.46. The van der Waals surface area contributed by atoms with E-state index in [-0.39, 0.29) is 11.7 Å². The first-order chi connectivity index (χ1) is 11.9. The standard InChI is InChI=1S/C17H20N4O3S/c1-10-7-11(2)20-17(19-10)25-12(3)16(23)21-18-9-13-5-6-14(22)15(8-13)24-4/h5-9,12,22H,1-4H3,(H,21,23)/b18-9-/t12-/m0/s1. The van der Waals surface area contributed by atoms with Gasteiger partial charge in [-0.25, -0.2) is 15.4 Å². The van der Waals surface area contributed by atoms with Crippen molar-refractivity contribution in [2.75, 3.05) is 7.11 Å². The summed E-state index contributed by atoms with van der Waals surface area (Å²) in [5.74, 6) is 0.128. The lowest BCUT2D eigenvalue weighted by Crippen LogP contribution is -2.27. The number of rotatable bonds is 6. The molecule has 2 N–H and O–H groups in total. The van der Waals surface area contributed by atoms with Gasteiger partial charge in [0.1, 0.15) is 0 Å². The van der Waals surface area contributed by atoms with Crippen LogP contribution in [0.4, 0.5) is 0 Å². The van der Waals surface area contributed by atoms with Crippen LogP contribution < -0.4 is 10.2 Å². The summed E-state index contributed by atoms with van der Waals surface area (Å²) in [7, 11) is 1.46. The minimum Gasteiger partial charge on any atom is -0.504 e. The number of hydrazone groups is 1. The fourth-order valence-electron chi connectivity index (χ4n) is 1.99. The van der Waals surface area contributed by atoms with Crippen molar-refractivity contribution >= 4 is 23.9 Å². The van der Waals surface area contributed by atoms with E-state index in [1.165, 1.54) is 31.2 Å². The van der Waals surface area contributed by atoms with Gasteiger partial charge < -0.3 is 9.84 Å². The third-order valence-corrected chi connectivity index (χ3v) is 4.17. The number of benzene rings is 1. The molecule has 8 heteroatoms. The molecule has 0 bridgehead atoms. The number of aromatic nitrogens is 2. The molecule has 0 fully saturated rings. The Bertz CT molecular complexity index is 775. The summed E-state index contributed by atoms with van der Waals surface area (Å²) in [5.41, 5.74) is 4.90. The number of amides is 1. The Balaban J connectivity index is 1.94. The second kappa shape index (κ2) is 8.48. The Hall–Kier alpha value is -2.61. The maximum atomic E-state index is 12.1. The summed E-state index contributed by atoms with van der Waals surface area (Å²) in [4.78, 5) is 20.7. The molecule has 0 saturated heterocycles. The van der Waals surface area contributed by atoms with Gasteiger partial charge in [0.05, 0.1) is 18.6 Å². The molecule has 0 aliphatic carbocycles. The molecule has 25 heavy (non-hydrogen) atoms. The predicted molar refractivity (Wildman–Crippen MR) is 97.2 cm³/mol. The number of carbonyl (C=O) groups excluding carboxylic acids is 1. The molecule has 7 nitrogen and oxygen atoms in total. The molecule has 2 rings (SSSR count). The van der Waals surface area contributed by atoms with E-state index in [4.69, 9.17) is 4.74 Å². The van der Waals surface area contributed by atoms with Gasteiger partial charge in [0.15, 0.2) is 16.7 Å². The Morgan fingerprint density at radius 2 is 2.00 bits per heavy atom. The third kappa shape index (κ3) is 5.46.